The molecule has 0 spiro atoms. The molecule has 0 aliphatic carbocycles. The van der Waals surface area contributed by atoms with Crippen molar-refractivity contribution in [3.8, 4) is 17.2 Å². The van der Waals surface area contributed by atoms with E-state index in [4.69, 9.17) is 14.2 Å². The third-order valence-electron chi connectivity index (χ3n) is 2.68. The molecule has 0 bridgehead atoms. The SMILES string of the molecule is COc1cc(C(C)C(F)(F)F)cc(OC)c1OC. The molecule has 18 heavy (non-hydrogen) atoms. The Labute approximate surface area is 103 Å². The Morgan fingerprint density at radius 1 is 0.944 bits per heavy atom. The lowest BCUT2D eigenvalue weighted by molar-refractivity contribution is -0.146. The fourth-order valence-electron chi connectivity index (χ4n) is 1.54. The zero-order valence-electron chi connectivity index (χ0n) is 10.6. The summed E-state index contributed by atoms with van der Waals surface area (Å²) < 4.78 is 53.1. The van der Waals surface area contributed by atoms with Gasteiger partial charge in [0.2, 0.25) is 5.75 Å². The van der Waals surface area contributed by atoms with E-state index in [1.54, 1.807) is 0 Å². The molecule has 1 unspecified atom stereocenters. The maximum Gasteiger partial charge on any atom is 0.395 e. The maximum absolute atomic E-state index is 12.7. The highest BCUT2D eigenvalue weighted by Crippen LogP contribution is 2.43. The van der Waals surface area contributed by atoms with Gasteiger partial charge in [0, 0.05) is 0 Å². The molecule has 3 nitrogen and oxygen atoms in total. The second kappa shape index (κ2) is 5.37. The molecule has 0 fully saturated rings. The number of halogens is 3. The first kappa shape index (κ1) is 14.5. The van der Waals surface area contributed by atoms with Crippen LogP contribution in [-0.4, -0.2) is 27.5 Å². The van der Waals surface area contributed by atoms with Crippen LogP contribution in [0.4, 0.5) is 13.2 Å². The van der Waals surface area contributed by atoms with Crippen molar-refractivity contribution < 1.29 is 27.4 Å². The van der Waals surface area contributed by atoms with Crippen LogP contribution in [0.25, 0.3) is 0 Å². The summed E-state index contributed by atoms with van der Waals surface area (Å²) in [5.74, 6) is -0.907. The molecule has 1 aromatic rings. The minimum absolute atomic E-state index is 0.0667. The summed E-state index contributed by atoms with van der Waals surface area (Å²) in [5, 5.41) is 0. The zero-order valence-corrected chi connectivity index (χ0v) is 10.6. The van der Waals surface area contributed by atoms with Crippen LogP contribution in [0.1, 0.15) is 18.4 Å². The Balaban J connectivity index is 3.32. The van der Waals surface area contributed by atoms with Gasteiger partial charge in [0.15, 0.2) is 11.5 Å². The highest BCUT2D eigenvalue weighted by Gasteiger charge is 2.37. The van der Waals surface area contributed by atoms with Crippen molar-refractivity contribution in [2.24, 2.45) is 0 Å². The van der Waals surface area contributed by atoms with Gasteiger partial charge >= 0.3 is 6.18 Å². The first-order valence-electron chi connectivity index (χ1n) is 5.21. The Kier molecular flexibility index (Phi) is 4.32. The van der Waals surface area contributed by atoms with Crippen LogP contribution < -0.4 is 14.2 Å². The van der Waals surface area contributed by atoms with Crippen molar-refractivity contribution >= 4 is 0 Å². The van der Waals surface area contributed by atoms with Crippen molar-refractivity contribution in [3.05, 3.63) is 17.7 Å². The number of methoxy groups -OCH3 is 3. The summed E-state index contributed by atoms with van der Waals surface area (Å²) in [6, 6.07) is 2.61. The number of hydrogen-bond donors (Lipinski definition) is 0. The van der Waals surface area contributed by atoms with Gasteiger partial charge in [-0.1, -0.05) is 0 Å². The highest BCUT2D eigenvalue weighted by molar-refractivity contribution is 5.54. The third kappa shape index (κ3) is 2.80. The quantitative estimate of drug-likeness (QED) is 0.834. The van der Waals surface area contributed by atoms with Crippen LogP contribution >= 0.6 is 0 Å². The van der Waals surface area contributed by atoms with Crippen LogP contribution in [0.5, 0.6) is 17.2 Å². The number of benzene rings is 1. The van der Waals surface area contributed by atoms with Crippen LogP contribution in [-0.2, 0) is 0 Å². The Morgan fingerprint density at radius 3 is 1.67 bits per heavy atom. The van der Waals surface area contributed by atoms with E-state index >= 15 is 0 Å². The molecule has 0 heterocycles. The Morgan fingerprint density at radius 2 is 1.39 bits per heavy atom. The molecule has 1 atom stereocenters. The van der Waals surface area contributed by atoms with E-state index in [1.165, 1.54) is 33.5 Å². The molecule has 0 aliphatic rings. The first-order valence-corrected chi connectivity index (χ1v) is 5.21. The molecule has 0 amide bonds. The molecule has 0 saturated carbocycles. The van der Waals surface area contributed by atoms with Crippen molar-refractivity contribution in [3.63, 3.8) is 0 Å². The smallest absolute Gasteiger partial charge is 0.395 e. The van der Waals surface area contributed by atoms with Gasteiger partial charge in [0.25, 0.3) is 0 Å². The van der Waals surface area contributed by atoms with Crippen molar-refractivity contribution in [1.29, 1.82) is 0 Å². The molecule has 0 N–H and O–H groups in total. The average Bonchev–Trinajstić information content (AvgIpc) is 2.34. The zero-order chi connectivity index (χ0) is 13.9. The van der Waals surface area contributed by atoms with Gasteiger partial charge < -0.3 is 14.2 Å². The van der Waals surface area contributed by atoms with E-state index in [-0.39, 0.29) is 22.8 Å². The topological polar surface area (TPSA) is 27.7 Å². The van der Waals surface area contributed by atoms with E-state index in [0.29, 0.717) is 0 Å². The molecule has 1 rings (SSSR count). The van der Waals surface area contributed by atoms with Gasteiger partial charge in [-0.3, -0.25) is 0 Å². The van der Waals surface area contributed by atoms with Gasteiger partial charge in [-0.15, -0.1) is 0 Å². The summed E-state index contributed by atoms with van der Waals surface area (Å²) >= 11 is 0. The third-order valence-corrected chi connectivity index (χ3v) is 2.68. The fraction of sp³-hybridized carbons (Fsp3) is 0.500. The summed E-state index contributed by atoms with van der Waals surface area (Å²) in [4.78, 5) is 0. The molecule has 0 aliphatic heterocycles. The van der Waals surface area contributed by atoms with E-state index in [2.05, 4.69) is 0 Å². The van der Waals surface area contributed by atoms with Crippen molar-refractivity contribution in [2.75, 3.05) is 21.3 Å². The lowest BCUT2D eigenvalue weighted by Crippen LogP contribution is -2.17. The number of hydrogen-bond acceptors (Lipinski definition) is 3. The first-order chi connectivity index (χ1) is 8.35. The van der Waals surface area contributed by atoms with Gasteiger partial charge in [-0.25, -0.2) is 0 Å². The van der Waals surface area contributed by atoms with E-state index in [0.717, 1.165) is 6.92 Å². The largest absolute Gasteiger partial charge is 0.493 e. The van der Waals surface area contributed by atoms with Crippen LogP contribution in [0.3, 0.4) is 0 Å². The van der Waals surface area contributed by atoms with Crippen molar-refractivity contribution in [1.82, 2.24) is 0 Å². The molecular formula is C12H15F3O3. The van der Waals surface area contributed by atoms with Crippen LogP contribution in [0.15, 0.2) is 12.1 Å². The highest BCUT2D eigenvalue weighted by atomic mass is 19.4. The number of rotatable bonds is 4. The number of alkyl halides is 3. The molecule has 0 aromatic heterocycles. The summed E-state index contributed by atoms with van der Waals surface area (Å²) in [7, 11) is 4.12. The predicted octanol–water partition coefficient (Wildman–Crippen LogP) is 3.38. The Hall–Kier alpha value is -1.59. The van der Waals surface area contributed by atoms with E-state index in [1.807, 2.05) is 0 Å². The fourth-order valence-corrected chi connectivity index (χ4v) is 1.54. The average molecular weight is 264 g/mol. The minimum Gasteiger partial charge on any atom is -0.493 e. The second-order valence-corrected chi connectivity index (χ2v) is 3.72. The maximum atomic E-state index is 12.7. The number of ether oxygens (including phenoxy) is 3. The van der Waals surface area contributed by atoms with Gasteiger partial charge in [0.05, 0.1) is 27.2 Å². The summed E-state index contributed by atoms with van der Waals surface area (Å²) in [6.07, 6.45) is -4.31. The minimum atomic E-state index is -4.31. The van der Waals surface area contributed by atoms with E-state index in [9.17, 15) is 13.2 Å². The van der Waals surface area contributed by atoms with Crippen molar-refractivity contribution in [2.45, 2.75) is 19.0 Å². The van der Waals surface area contributed by atoms with Gasteiger partial charge in [-0.05, 0) is 24.6 Å². The predicted molar refractivity (Wildman–Crippen MR) is 60.6 cm³/mol. The standard InChI is InChI=1S/C12H15F3O3/c1-7(12(13,14)15)8-5-9(16-2)11(18-4)10(6-8)17-3/h5-7H,1-4H3. The molecule has 0 radical (unpaired) electrons. The normalized spacial score (nSPS) is 13.1. The molecule has 1 aromatic carbocycles. The summed E-state index contributed by atoms with van der Waals surface area (Å²) in [6.45, 7) is 1.08. The molecule has 0 saturated heterocycles. The monoisotopic (exact) mass is 264 g/mol. The lowest BCUT2D eigenvalue weighted by Gasteiger charge is -2.19. The summed E-state index contributed by atoms with van der Waals surface area (Å²) in [5.41, 5.74) is 0.0667. The lowest BCUT2D eigenvalue weighted by atomic mass is 9.99. The second-order valence-electron chi connectivity index (χ2n) is 3.72. The Bertz CT molecular complexity index is 391. The van der Waals surface area contributed by atoms with Crippen LogP contribution in [0, 0.1) is 0 Å². The van der Waals surface area contributed by atoms with E-state index < -0.39 is 12.1 Å². The molecule has 102 valence electrons. The van der Waals surface area contributed by atoms with Gasteiger partial charge in [0.1, 0.15) is 0 Å². The molecular weight excluding hydrogens is 249 g/mol. The van der Waals surface area contributed by atoms with Crippen LogP contribution in [0.2, 0.25) is 0 Å². The molecule has 6 heteroatoms. The van der Waals surface area contributed by atoms with Gasteiger partial charge in [-0.2, -0.15) is 13.2 Å².